The number of hydrazone groups is 1. The summed E-state index contributed by atoms with van der Waals surface area (Å²) in [6.07, 6.45) is 10.2. The summed E-state index contributed by atoms with van der Waals surface area (Å²) in [7, 11) is 0. The van der Waals surface area contributed by atoms with E-state index in [0.717, 1.165) is 17.5 Å². The number of allylic oxidation sites excluding steroid dienone is 1. The Kier molecular flexibility index (Phi) is 7.79. The molecule has 0 radical (unpaired) electrons. The molecule has 1 saturated carbocycles. The monoisotopic (exact) mass is 513 g/mol. The lowest BCUT2D eigenvalue weighted by molar-refractivity contribution is -0.133. The van der Waals surface area contributed by atoms with Gasteiger partial charge < -0.3 is 10.6 Å². The van der Waals surface area contributed by atoms with Crippen LogP contribution in [0.5, 0.6) is 0 Å². The van der Waals surface area contributed by atoms with Gasteiger partial charge in [0, 0.05) is 41.7 Å². The second-order valence-electron chi connectivity index (χ2n) is 9.20. The van der Waals surface area contributed by atoms with Crippen LogP contribution in [0.4, 0.5) is 4.39 Å². The molecule has 5 rings (SSSR count). The average Bonchev–Trinajstić information content (AvgIpc) is 3.75. The van der Waals surface area contributed by atoms with E-state index in [1.165, 1.54) is 23.4 Å². The predicted molar refractivity (Wildman–Crippen MR) is 141 cm³/mol. The molecule has 38 heavy (non-hydrogen) atoms. The van der Waals surface area contributed by atoms with Gasteiger partial charge in [-0.1, -0.05) is 24.3 Å². The van der Waals surface area contributed by atoms with Crippen molar-refractivity contribution in [2.75, 3.05) is 6.54 Å². The Balaban J connectivity index is 1.17. The van der Waals surface area contributed by atoms with Crippen LogP contribution in [-0.4, -0.2) is 51.6 Å². The number of hydrogen-bond acceptors (Lipinski definition) is 7. The minimum atomic E-state index is -0.751. The zero-order chi connectivity index (χ0) is 26.3. The van der Waals surface area contributed by atoms with Crippen molar-refractivity contribution in [3.63, 3.8) is 0 Å². The highest BCUT2D eigenvalue weighted by Gasteiger charge is 2.37. The van der Waals surface area contributed by atoms with Crippen LogP contribution < -0.4 is 16.2 Å². The molecule has 1 aliphatic heterocycles. The molecule has 0 spiro atoms. The number of amides is 2. The largest absolute Gasteiger partial charge is 0.340 e. The summed E-state index contributed by atoms with van der Waals surface area (Å²) in [5, 5.41) is 11.5. The molecular formula is C28H28FN7O2. The van der Waals surface area contributed by atoms with Crippen LogP contribution in [0.2, 0.25) is 0 Å². The second-order valence-corrected chi connectivity index (χ2v) is 9.20. The lowest BCUT2D eigenvalue weighted by Crippen LogP contribution is -2.50. The molecule has 3 aromatic rings. The normalized spacial score (nSPS) is 18.5. The summed E-state index contributed by atoms with van der Waals surface area (Å²) < 4.78 is 13.2. The summed E-state index contributed by atoms with van der Waals surface area (Å²) in [5.74, 6) is 0.0520. The lowest BCUT2D eigenvalue weighted by atomic mass is 10.1. The van der Waals surface area contributed by atoms with E-state index in [2.05, 4.69) is 31.2 Å². The number of aromatic nitrogens is 2. The summed E-state index contributed by atoms with van der Waals surface area (Å²) >= 11 is 0. The van der Waals surface area contributed by atoms with Crippen molar-refractivity contribution in [3.05, 3.63) is 96.2 Å². The molecule has 2 aliphatic rings. The number of hydrazine groups is 1. The maximum atomic E-state index is 13.2. The molecule has 3 atom stereocenters. The SMILES string of the molecule is O=C(NC(CCCN[C@@H]1C[C@H]1c1ccc(F)cc1)C(=O)N1C=CC=NN1)c1ccc(-c2ncccn2)cc1. The van der Waals surface area contributed by atoms with Crippen molar-refractivity contribution in [2.45, 2.75) is 37.3 Å². The maximum Gasteiger partial charge on any atom is 0.268 e. The van der Waals surface area contributed by atoms with Crippen LogP contribution in [0, 0.1) is 5.82 Å². The molecule has 2 heterocycles. The van der Waals surface area contributed by atoms with Crippen LogP contribution in [0.15, 0.2) is 84.4 Å². The Labute approximate surface area is 219 Å². The van der Waals surface area contributed by atoms with Crippen molar-refractivity contribution in [1.29, 1.82) is 0 Å². The van der Waals surface area contributed by atoms with Gasteiger partial charge in [0.05, 0.1) is 6.21 Å². The Morgan fingerprint density at radius 3 is 2.55 bits per heavy atom. The lowest BCUT2D eigenvalue weighted by Gasteiger charge is -2.25. The Morgan fingerprint density at radius 2 is 1.84 bits per heavy atom. The second kappa shape index (κ2) is 11.7. The zero-order valence-electron chi connectivity index (χ0n) is 20.6. The number of carbonyl (C=O) groups excluding carboxylic acids is 2. The van der Waals surface area contributed by atoms with Gasteiger partial charge in [0.25, 0.3) is 11.8 Å². The average molecular weight is 514 g/mol. The number of nitrogens with one attached hydrogen (secondary N) is 3. The van der Waals surface area contributed by atoms with Gasteiger partial charge in [-0.3, -0.25) is 9.59 Å². The molecule has 1 fully saturated rings. The van der Waals surface area contributed by atoms with E-state index in [-0.39, 0.29) is 17.6 Å². The number of rotatable bonds is 10. The molecule has 0 saturated heterocycles. The van der Waals surface area contributed by atoms with E-state index in [1.54, 1.807) is 55.0 Å². The molecule has 9 nitrogen and oxygen atoms in total. The first kappa shape index (κ1) is 25.2. The Hall–Kier alpha value is -4.44. The minimum absolute atomic E-state index is 0.235. The molecule has 1 unspecified atom stereocenters. The smallest absolute Gasteiger partial charge is 0.268 e. The van der Waals surface area contributed by atoms with Gasteiger partial charge in [-0.05, 0) is 67.8 Å². The van der Waals surface area contributed by atoms with Crippen LogP contribution in [0.3, 0.4) is 0 Å². The van der Waals surface area contributed by atoms with Gasteiger partial charge in [0.2, 0.25) is 0 Å². The van der Waals surface area contributed by atoms with Crippen molar-refractivity contribution in [1.82, 2.24) is 31.1 Å². The van der Waals surface area contributed by atoms with Crippen LogP contribution in [0.1, 0.15) is 41.1 Å². The quantitative estimate of drug-likeness (QED) is 0.359. The first-order valence-corrected chi connectivity index (χ1v) is 12.5. The molecule has 2 aromatic carbocycles. The van der Waals surface area contributed by atoms with Gasteiger partial charge in [-0.2, -0.15) is 5.10 Å². The number of benzene rings is 2. The molecule has 3 N–H and O–H groups in total. The maximum absolute atomic E-state index is 13.2. The third-order valence-corrected chi connectivity index (χ3v) is 6.54. The summed E-state index contributed by atoms with van der Waals surface area (Å²) in [6.45, 7) is 0.690. The fourth-order valence-corrected chi connectivity index (χ4v) is 4.40. The highest BCUT2D eigenvalue weighted by Crippen LogP contribution is 2.40. The van der Waals surface area contributed by atoms with E-state index in [9.17, 15) is 14.0 Å². The third kappa shape index (κ3) is 6.27. The minimum Gasteiger partial charge on any atom is -0.340 e. The number of carbonyl (C=O) groups is 2. The number of halogens is 1. The van der Waals surface area contributed by atoms with E-state index in [1.807, 2.05) is 12.1 Å². The van der Waals surface area contributed by atoms with Crippen LogP contribution in [0.25, 0.3) is 11.4 Å². The fourth-order valence-electron chi connectivity index (χ4n) is 4.40. The summed E-state index contributed by atoms with van der Waals surface area (Å²) in [5.41, 5.74) is 4.99. The van der Waals surface area contributed by atoms with Gasteiger partial charge >= 0.3 is 0 Å². The fraction of sp³-hybridized carbons (Fsp3) is 0.250. The van der Waals surface area contributed by atoms with Gasteiger partial charge in [0.1, 0.15) is 11.9 Å². The molecule has 0 bridgehead atoms. The molecule has 2 amide bonds. The Morgan fingerprint density at radius 1 is 1.08 bits per heavy atom. The van der Waals surface area contributed by atoms with Gasteiger partial charge in [-0.15, -0.1) is 0 Å². The standard InChI is InChI=1S/C28H28FN7O2/c29-22-11-9-19(10-12-22)23-18-25(23)30-13-1-4-24(28(38)36-17-3-16-33-35-36)34-27(37)21-7-5-20(6-8-21)26-31-14-2-15-32-26/h2-3,5-12,14-17,23-25,30,35H,1,4,13,18H2,(H,34,37)/t23-,24?,25+/m0/s1. The first-order valence-electron chi connectivity index (χ1n) is 12.5. The molecular weight excluding hydrogens is 485 g/mol. The van der Waals surface area contributed by atoms with Crippen molar-refractivity contribution in [2.24, 2.45) is 5.10 Å². The number of nitrogens with zero attached hydrogens (tertiary/aromatic N) is 4. The predicted octanol–water partition coefficient (Wildman–Crippen LogP) is 3.15. The molecule has 10 heteroatoms. The summed E-state index contributed by atoms with van der Waals surface area (Å²) in [4.78, 5) is 34.7. The van der Waals surface area contributed by atoms with E-state index in [0.29, 0.717) is 42.7 Å². The molecule has 194 valence electrons. The third-order valence-electron chi connectivity index (χ3n) is 6.54. The van der Waals surface area contributed by atoms with Crippen molar-refractivity contribution >= 4 is 18.0 Å². The zero-order valence-corrected chi connectivity index (χ0v) is 20.6. The van der Waals surface area contributed by atoms with Gasteiger partial charge in [0.15, 0.2) is 5.82 Å². The van der Waals surface area contributed by atoms with Crippen molar-refractivity contribution in [3.8, 4) is 11.4 Å². The van der Waals surface area contributed by atoms with Crippen molar-refractivity contribution < 1.29 is 14.0 Å². The highest BCUT2D eigenvalue weighted by molar-refractivity contribution is 5.98. The van der Waals surface area contributed by atoms with Crippen LogP contribution in [-0.2, 0) is 4.79 Å². The summed E-state index contributed by atoms with van der Waals surface area (Å²) in [6, 6.07) is 14.9. The number of hydrogen-bond donors (Lipinski definition) is 3. The first-order chi connectivity index (χ1) is 18.6. The highest BCUT2D eigenvalue weighted by atomic mass is 19.1. The van der Waals surface area contributed by atoms with Gasteiger partial charge in [-0.25, -0.2) is 24.9 Å². The van der Waals surface area contributed by atoms with Crippen LogP contribution >= 0.6 is 0 Å². The topological polar surface area (TPSA) is 112 Å². The van der Waals surface area contributed by atoms with E-state index in [4.69, 9.17) is 0 Å². The van der Waals surface area contributed by atoms with E-state index < -0.39 is 6.04 Å². The molecule has 1 aromatic heterocycles. The Bertz CT molecular complexity index is 1310. The van der Waals surface area contributed by atoms with E-state index >= 15 is 0 Å². The molecule has 1 aliphatic carbocycles.